The van der Waals surface area contributed by atoms with E-state index in [-0.39, 0.29) is 11.5 Å². The van der Waals surface area contributed by atoms with Gasteiger partial charge in [0.05, 0.1) is 24.6 Å². The topological polar surface area (TPSA) is 77.2 Å². The lowest BCUT2D eigenvalue weighted by molar-refractivity contribution is 0.283. The highest BCUT2D eigenvalue weighted by atomic mass is 19.1. The van der Waals surface area contributed by atoms with Crippen LogP contribution in [0, 0.1) is 36.3 Å². The van der Waals surface area contributed by atoms with Gasteiger partial charge in [0.15, 0.2) is 5.82 Å². The van der Waals surface area contributed by atoms with E-state index in [1.807, 2.05) is 0 Å². The van der Waals surface area contributed by atoms with Crippen LogP contribution in [0.1, 0.15) is 31.6 Å². The van der Waals surface area contributed by atoms with Crippen molar-refractivity contribution < 1.29 is 17.9 Å². The number of ether oxygens (including phenoxy) is 1. The molecule has 2 aromatic heterocycles. The number of hydrogen-bond donors (Lipinski definition) is 0. The third-order valence-corrected chi connectivity index (χ3v) is 6.47. The summed E-state index contributed by atoms with van der Waals surface area (Å²) >= 11 is 0. The first-order valence-electron chi connectivity index (χ1n) is 11.0. The van der Waals surface area contributed by atoms with E-state index in [2.05, 4.69) is 25.1 Å². The van der Waals surface area contributed by atoms with Crippen LogP contribution in [0.3, 0.4) is 0 Å². The third kappa shape index (κ3) is 4.56. The van der Waals surface area contributed by atoms with Gasteiger partial charge >= 0.3 is 0 Å². The zero-order valence-corrected chi connectivity index (χ0v) is 17.9. The molecule has 3 aromatic rings. The average molecular weight is 441 g/mol. The molecule has 5 rings (SSSR count). The minimum absolute atomic E-state index is 0.171. The SMILES string of the molecule is Cc1nnc(-c2ccc(OCC[C@H]3C[C@H]3C3CCN(c4ncc(F)cn4)CC3)cc2F)o1. The standard InChI is InChI=1S/C23H25F2N5O2/c1-14-28-29-22(32-14)19-3-2-18(11-21(19)25)31-9-6-16-10-20(16)15-4-7-30(8-5-15)23-26-12-17(24)13-27-23/h2-3,11-13,15-16,20H,4-10H2,1H3/t16-,20-/m0/s1. The van der Waals surface area contributed by atoms with Crippen molar-refractivity contribution in [3.05, 3.63) is 48.1 Å². The van der Waals surface area contributed by atoms with Crippen LogP contribution < -0.4 is 9.64 Å². The second kappa shape index (κ2) is 8.80. The molecule has 0 unspecified atom stereocenters. The Hall–Kier alpha value is -3.10. The molecule has 1 saturated heterocycles. The first-order chi connectivity index (χ1) is 15.6. The van der Waals surface area contributed by atoms with Crippen LogP contribution in [0.4, 0.5) is 14.7 Å². The molecular weight excluding hydrogens is 416 g/mol. The van der Waals surface area contributed by atoms with Crippen molar-refractivity contribution in [3.8, 4) is 17.2 Å². The number of halogens is 2. The molecule has 32 heavy (non-hydrogen) atoms. The molecule has 1 saturated carbocycles. The van der Waals surface area contributed by atoms with Crippen LogP contribution in [0.5, 0.6) is 5.75 Å². The van der Waals surface area contributed by atoms with Crippen LogP contribution in [-0.4, -0.2) is 39.9 Å². The van der Waals surface area contributed by atoms with Gasteiger partial charge in [-0.2, -0.15) is 0 Å². The monoisotopic (exact) mass is 441 g/mol. The Bertz CT molecular complexity index is 1070. The van der Waals surface area contributed by atoms with Crippen molar-refractivity contribution in [2.45, 2.75) is 32.6 Å². The summed E-state index contributed by atoms with van der Waals surface area (Å²) in [5.74, 6) is 2.93. The normalized spacial score (nSPS) is 21.0. The molecule has 7 nitrogen and oxygen atoms in total. The summed E-state index contributed by atoms with van der Waals surface area (Å²) in [6, 6.07) is 4.71. The summed E-state index contributed by atoms with van der Waals surface area (Å²) in [5, 5.41) is 7.59. The van der Waals surface area contributed by atoms with E-state index < -0.39 is 11.6 Å². The first-order valence-corrected chi connectivity index (χ1v) is 11.0. The van der Waals surface area contributed by atoms with Gasteiger partial charge in [-0.05, 0) is 55.6 Å². The number of piperidine rings is 1. The fourth-order valence-electron chi connectivity index (χ4n) is 4.67. The molecule has 1 aromatic carbocycles. The lowest BCUT2D eigenvalue weighted by Crippen LogP contribution is -2.35. The summed E-state index contributed by atoms with van der Waals surface area (Å²) in [4.78, 5) is 10.3. The second-order valence-corrected chi connectivity index (χ2v) is 8.59. The number of benzene rings is 1. The summed E-state index contributed by atoms with van der Waals surface area (Å²) in [5.41, 5.74) is 0.276. The van der Waals surface area contributed by atoms with Gasteiger partial charge in [-0.1, -0.05) is 0 Å². The summed E-state index contributed by atoms with van der Waals surface area (Å²) in [6.07, 6.45) is 6.84. The number of anilines is 1. The molecule has 9 heteroatoms. The summed E-state index contributed by atoms with van der Waals surface area (Å²) in [7, 11) is 0. The Morgan fingerprint density at radius 2 is 1.91 bits per heavy atom. The van der Waals surface area contributed by atoms with E-state index in [1.54, 1.807) is 19.1 Å². The molecule has 0 amide bonds. The quantitative estimate of drug-likeness (QED) is 0.537. The van der Waals surface area contributed by atoms with Crippen molar-refractivity contribution in [2.24, 2.45) is 17.8 Å². The minimum atomic E-state index is -0.438. The van der Waals surface area contributed by atoms with Crippen LogP contribution in [0.2, 0.25) is 0 Å². The molecule has 0 radical (unpaired) electrons. The third-order valence-electron chi connectivity index (χ3n) is 6.47. The van der Waals surface area contributed by atoms with Crippen molar-refractivity contribution in [1.82, 2.24) is 20.2 Å². The Kier molecular flexibility index (Phi) is 5.71. The van der Waals surface area contributed by atoms with Crippen molar-refractivity contribution >= 4 is 5.95 Å². The Morgan fingerprint density at radius 1 is 1.12 bits per heavy atom. The highest BCUT2D eigenvalue weighted by Gasteiger charge is 2.43. The maximum atomic E-state index is 14.4. The second-order valence-electron chi connectivity index (χ2n) is 8.59. The Balaban J connectivity index is 1.06. The lowest BCUT2D eigenvalue weighted by Gasteiger charge is -2.32. The van der Waals surface area contributed by atoms with E-state index in [0.717, 1.165) is 38.3 Å². The fourth-order valence-corrected chi connectivity index (χ4v) is 4.67. The number of rotatable bonds is 7. The molecule has 0 bridgehead atoms. The van der Waals surface area contributed by atoms with Gasteiger partial charge in [0.1, 0.15) is 11.6 Å². The molecule has 0 spiro atoms. The van der Waals surface area contributed by atoms with Gasteiger partial charge in [0.2, 0.25) is 11.8 Å². The number of hydrogen-bond acceptors (Lipinski definition) is 7. The van der Waals surface area contributed by atoms with Crippen LogP contribution in [0.15, 0.2) is 35.0 Å². The average Bonchev–Trinajstić information content (AvgIpc) is 3.44. The van der Waals surface area contributed by atoms with Crippen molar-refractivity contribution in [2.75, 3.05) is 24.6 Å². The van der Waals surface area contributed by atoms with Gasteiger partial charge in [0.25, 0.3) is 5.89 Å². The van der Waals surface area contributed by atoms with Crippen LogP contribution in [0.25, 0.3) is 11.5 Å². The largest absolute Gasteiger partial charge is 0.493 e. The van der Waals surface area contributed by atoms with E-state index in [4.69, 9.17) is 9.15 Å². The fraction of sp³-hybridized carbons (Fsp3) is 0.478. The van der Waals surface area contributed by atoms with Gasteiger partial charge in [0, 0.05) is 26.1 Å². The first kappa shape index (κ1) is 20.8. The molecule has 2 atom stereocenters. The molecule has 2 aliphatic rings. The molecule has 3 heterocycles. The lowest BCUT2D eigenvalue weighted by atomic mass is 9.90. The number of aromatic nitrogens is 4. The van der Waals surface area contributed by atoms with E-state index in [9.17, 15) is 8.78 Å². The van der Waals surface area contributed by atoms with Crippen LogP contribution >= 0.6 is 0 Å². The molecule has 0 N–H and O–H groups in total. The molecular formula is C23H25F2N5O2. The van der Waals surface area contributed by atoms with E-state index >= 15 is 0 Å². The summed E-state index contributed by atoms with van der Waals surface area (Å²) < 4.78 is 38.5. The summed E-state index contributed by atoms with van der Waals surface area (Å²) in [6.45, 7) is 4.05. The van der Waals surface area contributed by atoms with Crippen molar-refractivity contribution in [3.63, 3.8) is 0 Å². The highest BCUT2D eigenvalue weighted by Crippen LogP contribution is 2.49. The zero-order valence-electron chi connectivity index (χ0n) is 17.9. The molecule has 1 aliphatic carbocycles. The molecule has 2 fully saturated rings. The maximum absolute atomic E-state index is 14.4. The van der Waals surface area contributed by atoms with E-state index in [0.29, 0.717) is 36.0 Å². The van der Waals surface area contributed by atoms with Gasteiger partial charge < -0.3 is 14.1 Å². The molecule has 1 aliphatic heterocycles. The van der Waals surface area contributed by atoms with Gasteiger partial charge in [-0.15, -0.1) is 10.2 Å². The number of aryl methyl sites for hydroxylation is 1. The minimum Gasteiger partial charge on any atom is -0.493 e. The van der Waals surface area contributed by atoms with Gasteiger partial charge in [-0.25, -0.2) is 18.7 Å². The van der Waals surface area contributed by atoms with Crippen LogP contribution in [-0.2, 0) is 0 Å². The van der Waals surface area contributed by atoms with E-state index in [1.165, 1.54) is 24.9 Å². The maximum Gasteiger partial charge on any atom is 0.250 e. The predicted molar refractivity (Wildman–Crippen MR) is 113 cm³/mol. The van der Waals surface area contributed by atoms with Crippen molar-refractivity contribution in [1.29, 1.82) is 0 Å². The molecule has 168 valence electrons. The number of nitrogens with zero attached hydrogens (tertiary/aromatic N) is 5. The Morgan fingerprint density at radius 3 is 2.59 bits per heavy atom. The smallest absolute Gasteiger partial charge is 0.250 e. The zero-order chi connectivity index (χ0) is 22.1. The predicted octanol–water partition coefficient (Wildman–Crippen LogP) is 4.43. The Labute approximate surface area is 184 Å². The highest BCUT2D eigenvalue weighted by molar-refractivity contribution is 5.55. The van der Waals surface area contributed by atoms with Gasteiger partial charge in [-0.3, -0.25) is 0 Å².